The molecule has 3 aromatic rings. The molecule has 3 N–H and O–H groups in total. The number of alkyl carbamates (subject to hydrolysis) is 1. The zero-order valence-electron chi connectivity index (χ0n) is 24.9. The highest BCUT2D eigenvalue weighted by molar-refractivity contribution is 6.56. The van der Waals surface area contributed by atoms with E-state index in [0.29, 0.717) is 27.9 Å². The van der Waals surface area contributed by atoms with Gasteiger partial charge in [0.1, 0.15) is 6.61 Å². The molecule has 1 heterocycles. The number of esters is 1. The predicted molar refractivity (Wildman–Crippen MR) is 164 cm³/mol. The molecule has 1 saturated heterocycles. The van der Waals surface area contributed by atoms with Crippen molar-refractivity contribution in [3.05, 3.63) is 94.0 Å². The molecule has 1 aliphatic heterocycles. The molecular formula is C33H37BN2O6. The van der Waals surface area contributed by atoms with Crippen LogP contribution in [0.3, 0.4) is 0 Å². The lowest BCUT2D eigenvalue weighted by Gasteiger charge is -2.32. The number of rotatable bonds is 7. The third-order valence-corrected chi connectivity index (χ3v) is 8.56. The maximum atomic E-state index is 13.0. The molecule has 42 heavy (non-hydrogen) atoms. The summed E-state index contributed by atoms with van der Waals surface area (Å²) >= 11 is 0. The summed E-state index contributed by atoms with van der Waals surface area (Å²) < 4.78 is 23.3. The van der Waals surface area contributed by atoms with Gasteiger partial charge in [-0.3, -0.25) is 0 Å². The van der Waals surface area contributed by atoms with Gasteiger partial charge in [-0.1, -0.05) is 54.6 Å². The van der Waals surface area contributed by atoms with Crippen molar-refractivity contribution in [3.8, 4) is 11.1 Å². The molecule has 5 rings (SSSR count). The fraction of sp³-hybridized carbons (Fsp3) is 0.333. The van der Waals surface area contributed by atoms with Crippen molar-refractivity contribution in [1.29, 1.82) is 0 Å². The molecule has 9 heteroatoms. The summed E-state index contributed by atoms with van der Waals surface area (Å²) in [4.78, 5) is 25.4. The SMILES string of the molecule is COC(=O)c1cc(C=C(CNC(=O)OCC2c3ccccc3-c3ccccc32)B2OC(C)(C)C(C)(C)O2)cc(N)c1C. The molecule has 1 fully saturated rings. The zero-order valence-corrected chi connectivity index (χ0v) is 24.9. The number of carbonyl (C=O) groups excluding carboxylic acids is 2. The Labute approximate surface area is 247 Å². The highest BCUT2D eigenvalue weighted by atomic mass is 16.7. The molecule has 0 atom stereocenters. The third kappa shape index (κ3) is 5.54. The van der Waals surface area contributed by atoms with Gasteiger partial charge >= 0.3 is 19.2 Å². The Morgan fingerprint density at radius 3 is 2.12 bits per heavy atom. The first kappa shape index (κ1) is 29.4. The van der Waals surface area contributed by atoms with Gasteiger partial charge in [-0.15, -0.1) is 0 Å². The summed E-state index contributed by atoms with van der Waals surface area (Å²) in [5, 5.41) is 2.87. The molecule has 0 unspecified atom stereocenters. The number of carbonyl (C=O) groups is 2. The van der Waals surface area contributed by atoms with E-state index in [0.717, 1.165) is 22.3 Å². The number of anilines is 1. The largest absolute Gasteiger partial charge is 0.492 e. The van der Waals surface area contributed by atoms with Crippen LogP contribution in [0.25, 0.3) is 17.2 Å². The van der Waals surface area contributed by atoms with Gasteiger partial charge in [0.25, 0.3) is 0 Å². The van der Waals surface area contributed by atoms with Gasteiger partial charge in [0.2, 0.25) is 0 Å². The monoisotopic (exact) mass is 568 g/mol. The Balaban J connectivity index is 1.36. The normalized spacial score (nSPS) is 17.0. The molecular weight excluding hydrogens is 531 g/mol. The number of benzene rings is 3. The second kappa shape index (κ2) is 11.3. The van der Waals surface area contributed by atoms with Crippen LogP contribution in [0, 0.1) is 6.92 Å². The molecule has 3 aromatic carbocycles. The highest BCUT2D eigenvalue weighted by Gasteiger charge is 2.52. The summed E-state index contributed by atoms with van der Waals surface area (Å²) in [5.74, 6) is -0.531. The van der Waals surface area contributed by atoms with Crippen LogP contribution in [0.15, 0.2) is 66.1 Å². The Kier molecular flexibility index (Phi) is 7.92. The second-order valence-corrected chi connectivity index (χ2v) is 11.8. The number of hydrogen-bond acceptors (Lipinski definition) is 7. The van der Waals surface area contributed by atoms with Gasteiger partial charge in [-0.2, -0.15) is 0 Å². The molecule has 0 radical (unpaired) electrons. The molecule has 1 aliphatic carbocycles. The van der Waals surface area contributed by atoms with Crippen molar-refractivity contribution in [2.24, 2.45) is 0 Å². The van der Waals surface area contributed by atoms with Crippen LogP contribution in [0.5, 0.6) is 0 Å². The average Bonchev–Trinajstić information content (AvgIpc) is 3.39. The van der Waals surface area contributed by atoms with Gasteiger partial charge in [-0.05, 0) is 85.6 Å². The number of nitrogens with two attached hydrogens (primary N) is 1. The van der Waals surface area contributed by atoms with Crippen LogP contribution >= 0.6 is 0 Å². The summed E-state index contributed by atoms with van der Waals surface area (Å²) in [7, 11) is 0.585. The van der Waals surface area contributed by atoms with Crippen molar-refractivity contribution in [1.82, 2.24) is 5.32 Å². The summed E-state index contributed by atoms with van der Waals surface area (Å²) in [5.41, 5.74) is 12.4. The molecule has 8 nitrogen and oxygen atoms in total. The van der Waals surface area contributed by atoms with Crippen LogP contribution in [-0.2, 0) is 18.8 Å². The van der Waals surface area contributed by atoms with Crippen molar-refractivity contribution in [2.75, 3.05) is 26.0 Å². The molecule has 2 aliphatic rings. The Bertz CT molecular complexity index is 1500. The minimum atomic E-state index is -0.743. The first-order chi connectivity index (χ1) is 19.9. The van der Waals surface area contributed by atoms with E-state index in [1.807, 2.05) is 58.0 Å². The third-order valence-electron chi connectivity index (χ3n) is 8.56. The lowest BCUT2D eigenvalue weighted by atomic mass is 9.76. The quantitative estimate of drug-likeness (QED) is 0.207. The maximum Gasteiger partial charge on any atom is 0.492 e. The van der Waals surface area contributed by atoms with E-state index in [-0.39, 0.29) is 19.1 Å². The fourth-order valence-electron chi connectivity index (χ4n) is 5.40. The number of fused-ring (bicyclic) bond motifs is 3. The van der Waals surface area contributed by atoms with Crippen LogP contribution < -0.4 is 11.1 Å². The van der Waals surface area contributed by atoms with E-state index in [9.17, 15) is 9.59 Å². The Hall–Kier alpha value is -4.08. The number of hydrogen-bond donors (Lipinski definition) is 2. The second-order valence-electron chi connectivity index (χ2n) is 11.8. The average molecular weight is 568 g/mol. The van der Waals surface area contributed by atoms with Gasteiger partial charge in [-0.25, -0.2) is 9.59 Å². The van der Waals surface area contributed by atoms with Crippen molar-refractivity contribution < 1.29 is 28.4 Å². The first-order valence-corrected chi connectivity index (χ1v) is 14.0. The highest BCUT2D eigenvalue weighted by Crippen LogP contribution is 2.44. The summed E-state index contributed by atoms with van der Waals surface area (Å²) in [6.07, 6.45) is 1.26. The van der Waals surface area contributed by atoms with Gasteiger partial charge in [0.15, 0.2) is 0 Å². The standard InChI is InChI=1S/C33H37BN2O6/c1-20-27(30(37)39-6)16-21(17-29(20)35)15-22(34-41-32(2,3)33(4,5)42-34)18-36-31(38)40-19-28-25-13-9-7-11-23(25)24-12-8-10-14-26(24)28/h7-17,28H,18-19,35H2,1-6H3,(H,36,38). The summed E-state index contributed by atoms with van der Waals surface area (Å²) in [6, 6.07) is 19.9. The van der Waals surface area contributed by atoms with E-state index in [1.54, 1.807) is 19.1 Å². The smallest absolute Gasteiger partial charge is 0.465 e. The number of nitrogens with one attached hydrogen (secondary N) is 1. The lowest BCUT2D eigenvalue weighted by Crippen LogP contribution is -2.41. The van der Waals surface area contributed by atoms with Crippen LogP contribution in [-0.4, -0.2) is 50.6 Å². The topological polar surface area (TPSA) is 109 Å². The molecule has 218 valence electrons. The minimum absolute atomic E-state index is 0.0477. The van der Waals surface area contributed by atoms with Crippen LogP contribution in [0.4, 0.5) is 10.5 Å². The molecule has 1 amide bonds. The number of methoxy groups -OCH3 is 1. The van der Waals surface area contributed by atoms with Crippen LogP contribution in [0.2, 0.25) is 0 Å². The number of ether oxygens (including phenoxy) is 2. The zero-order chi connectivity index (χ0) is 30.2. The summed E-state index contributed by atoms with van der Waals surface area (Å²) in [6.45, 7) is 9.90. The molecule has 0 aromatic heterocycles. The molecule has 0 saturated carbocycles. The maximum absolute atomic E-state index is 13.0. The van der Waals surface area contributed by atoms with E-state index >= 15 is 0 Å². The van der Waals surface area contributed by atoms with Gasteiger partial charge in [0, 0.05) is 18.2 Å². The van der Waals surface area contributed by atoms with E-state index in [1.165, 1.54) is 7.11 Å². The molecule has 0 spiro atoms. The predicted octanol–water partition coefficient (Wildman–Crippen LogP) is 5.92. The van der Waals surface area contributed by atoms with E-state index < -0.39 is 30.4 Å². The number of nitrogen functional groups attached to an aromatic ring is 1. The minimum Gasteiger partial charge on any atom is -0.465 e. The molecule has 0 bridgehead atoms. The Morgan fingerprint density at radius 1 is 0.976 bits per heavy atom. The Morgan fingerprint density at radius 2 is 1.55 bits per heavy atom. The first-order valence-electron chi connectivity index (χ1n) is 14.0. The number of amides is 1. The van der Waals surface area contributed by atoms with E-state index in [2.05, 4.69) is 29.6 Å². The van der Waals surface area contributed by atoms with Gasteiger partial charge < -0.3 is 29.8 Å². The van der Waals surface area contributed by atoms with Crippen molar-refractivity contribution in [2.45, 2.75) is 51.7 Å². The van der Waals surface area contributed by atoms with Crippen molar-refractivity contribution in [3.63, 3.8) is 0 Å². The van der Waals surface area contributed by atoms with E-state index in [4.69, 9.17) is 24.5 Å². The fourth-order valence-corrected chi connectivity index (χ4v) is 5.40. The van der Waals surface area contributed by atoms with Crippen LogP contribution in [0.1, 0.15) is 66.2 Å². The van der Waals surface area contributed by atoms with Gasteiger partial charge in [0.05, 0.1) is 23.9 Å². The van der Waals surface area contributed by atoms with Crippen molar-refractivity contribution >= 4 is 30.9 Å². The lowest BCUT2D eigenvalue weighted by molar-refractivity contribution is 0.00578.